The minimum atomic E-state index is 0.938. The van der Waals surface area contributed by atoms with E-state index in [0.717, 1.165) is 12.2 Å². The normalized spacial score (nSPS) is 10.2. The minimum absolute atomic E-state index is 0.938. The van der Waals surface area contributed by atoms with Gasteiger partial charge in [-0.15, -0.1) is 0 Å². The molecule has 2 aromatic rings. The molecular formula is C11H12N2. The average Bonchev–Trinajstić information content (AvgIpc) is 2.19. The van der Waals surface area contributed by atoms with Crippen molar-refractivity contribution in [3.05, 3.63) is 36.7 Å². The van der Waals surface area contributed by atoms with Gasteiger partial charge in [0.05, 0.1) is 0 Å². The number of anilines is 1. The van der Waals surface area contributed by atoms with Crippen molar-refractivity contribution in [1.82, 2.24) is 4.98 Å². The molecule has 0 fully saturated rings. The van der Waals surface area contributed by atoms with Crippen LogP contribution in [-0.4, -0.2) is 11.5 Å². The largest absolute Gasteiger partial charge is 0.385 e. The van der Waals surface area contributed by atoms with Gasteiger partial charge in [-0.3, -0.25) is 4.98 Å². The highest BCUT2D eigenvalue weighted by Crippen LogP contribution is 2.21. The molecule has 1 heterocycles. The van der Waals surface area contributed by atoms with Crippen molar-refractivity contribution in [2.75, 3.05) is 11.9 Å². The highest BCUT2D eigenvalue weighted by atomic mass is 14.9. The molecule has 0 spiro atoms. The quantitative estimate of drug-likeness (QED) is 0.753. The Balaban J connectivity index is 2.61. The molecule has 0 atom stereocenters. The second-order valence-corrected chi connectivity index (χ2v) is 2.93. The van der Waals surface area contributed by atoms with Crippen molar-refractivity contribution in [3.63, 3.8) is 0 Å². The zero-order chi connectivity index (χ0) is 9.10. The minimum Gasteiger partial charge on any atom is -0.385 e. The summed E-state index contributed by atoms with van der Waals surface area (Å²) in [6.45, 7) is 3.03. The van der Waals surface area contributed by atoms with E-state index in [1.807, 2.05) is 18.5 Å². The van der Waals surface area contributed by atoms with Gasteiger partial charge in [0.25, 0.3) is 0 Å². The topological polar surface area (TPSA) is 24.9 Å². The molecule has 2 rings (SSSR count). The fourth-order valence-corrected chi connectivity index (χ4v) is 1.46. The number of hydrogen-bond acceptors (Lipinski definition) is 2. The lowest BCUT2D eigenvalue weighted by Crippen LogP contribution is -1.96. The number of fused-ring (bicyclic) bond motifs is 1. The Hall–Kier alpha value is -1.57. The molecule has 13 heavy (non-hydrogen) atoms. The second kappa shape index (κ2) is 3.44. The third-order valence-electron chi connectivity index (χ3n) is 2.05. The maximum atomic E-state index is 4.12. The fourth-order valence-electron chi connectivity index (χ4n) is 1.46. The number of pyridine rings is 1. The van der Waals surface area contributed by atoms with Crippen LogP contribution < -0.4 is 5.32 Å². The summed E-state index contributed by atoms with van der Waals surface area (Å²) in [5.74, 6) is 0. The predicted molar refractivity (Wildman–Crippen MR) is 55.9 cm³/mol. The van der Waals surface area contributed by atoms with Crippen LogP contribution in [0.4, 0.5) is 5.69 Å². The Morgan fingerprint density at radius 2 is 2.23 bits per heavy atom. The van der Waals surface area contributed by atoms with Gasteiger partial charge in [-0.05, 0) is 24.4 Å². The maximum Gasteiger partial charge on any atom is 0.0435 e. The molecule has 66 valence electrons. The highest BCUT2D eigenvalue weighted by molar-refractivity contribution is 5.92. The van der Waals surface area contributed by atoms with Crippen LogP contribution in [0.15, 0.2) is 36.7 Å². The molecule has 2 heteroatoms. The van der Waals surface area contributed by atoms with E-state index in [4.69, 9.17) is 0 Å². The maximum absolute atomic E-state index is 4.12. The number of rotatable bonds is 2. The lowest BCUT2D eigenvalue weighted by molar-refractivity contribution is 1.22. The van der Waals surface area contributed by atoms with E-state index in [1.165, 1.54) is 10.8 Å². The van der Waals surface area contributed by atoms with Crippen molar-refractivity contribution in [2.24, 2.45) is 0 Å². The molecule has 1 aromatic heterocycles. The molecule has 0 aliphatic carbocycles. The summed E-state index contributed by atoms with van der Waals surface area (Å²) >= 11 is 0. The van der Waals surface area contributed by atoms with Crippen molar-refractivity contribution < 1.29 is 0 Å². The van der Waals surface area contributed by atoms with Gasteiger partial charge in [0, 0.05) is 30.0 Å². The number of hydrogen-bond donors (Lipinski definition) is 1. The first-order chi connectivity index (χ1) is 6.42. The lowest BCUT2D eigenvalue weighted by Gasteiger charge is -2.06. The van der Waals surface area contributed by atoms with E-state index in [-0.39, 0.29) is 0 Å². The first kappa shape index (κ1) is 8.05. The third-order valence-corrected chi connectivity index (χ3v) is 2.05. The molecule has 0 aliphatic rings. The Kier molecular flexibility index (Phi) is 2.13. The van der Waals surface area contributed by atoms with Gasteiger partial charge in [0.1, 0.15) is 0 Å². The number of nitrogens with zero attached hydrogens (tertiary/aromatic N) is 1. The number of aromatic nitrogens is 1. The van der Waals surface area contributed by atoms with Crippen molar-refractivity contribution >= 4 is 16.5 Å². The van der Waals surface area contributed by atoms with E-state index in [2.05, 4.69) is 35.4 Å². The van der Waals surface area contributed by atoms with Gasteiger partial charge in [-0.2, -0.15) is 0 Å². The molecule has 0 bridgehead atoms. The number of benzene rings is 1. The van der Waals surface area contributed by atoms with Gasteiger partial charge < -0.3 is 5.32 Å². The number of nitrogens with one attached hydrogen (secondary N) is 1. The van der Waals surface area contributed by atoms with Crippen LogP contribution in [0.25, 0.3) is 10.8 Å². The monoisotopic (exact) mass is 172 g/mol. The predicted octanol–water partition coefficient (Wildman–Crippen LogP) is 2.67. The summed E-state index contributed by atoms with van der Waals surface area (Å²) in [6.07, 6.45) is 3.71. The summed E-state index contributed by atoms with van der Waals surface area (Å²) < 4.78 is 0. The molecule has 0 saturated heterocycles. The van der Waals surface area contributed by atoms with Gasteiger partial charge in [-0.25, -0.2) is 0 Å². The summed E-state index contributed by atoms with van der Waals surface area (Å²) in [4.78, 5) is 4.12. The zero-order valence-electron chi connectivity index (χ0n) is 7.62. The molecule has 0 unspecified atom stereocenters. The van der Waals surface area contributed by atoms with Crippen LogP contribution in [0.1, 0.15) is 6.92 Å². The molecule has 0 aliphatic heterocycles. The van der Waals surface area contributed by atoms with E-state index in [1.54, 1.807) is 0 Å². The summed E-state index contributed by atoms with van der Waals surface area (Å²) in [5, 5.41) is 5.73. The Labute approximate surface area is 77.6 Å². The molecule has 1 aromatic carbocycles. The first-order valence-corrected chi connectivity index (χ1v) is 4.48. The molecular weight excluding hydrogens is 160 g/mol. The summed E-state index contributed by atoms with van der Waals surface area (Å²) in [5.41, 5.74) is 1.16. The Bertz CT molecular complexity index is 404. The van der Waals surface area contributed by atoms with Crippen LogP contribution in [0, 0.1) is 0 Å². The van der Waals surface area contributed by atoms with Crippen LogP contribution in [0.5, 0.6) is 0 Å². The SMILES string of the molecule is CCNc1cccc2ccncc12. The lowest BCUT2D eigenvalue weighted by atomic mass is 10.1. The molecule has 0 saturated carbocycles. The van der Waals surface area contributed by atoms with Crippen molar-refractivity contribution in [3.8, 4) is 0 Å². The van der Waals surface area contributed by atoms with Gasteiger partial charge in [0.2, 0.25) is 0 Å². The Morgan fingerprint density at radius 3 is 3.08 bits per heavy atom. The zero-order valence-corrected chi connectivity index (χ0v) is 7.62. The average molecular weight is 172 g/mol. The standard InChI is InChI=1S/C11H12N2/c1-2-13-11-5-3-4-9-6-7-12-8-10(9)11/h3-8,13H,2H2,1H3. The van der Waals surface area contributed by atoms with Crippen molar-refractivity contribution in [2.45, 2.75) is 6.92 Å². The smallest absolute Gasteiger partial charge is 0.0435 e. The van der Waals surface area contributed by atoms with E-state index in [0.29, 0.717) is 0 Å². The molecule has 1 N–H and O–H groups in total. The summed E-state index contributed by atoms with van der Waals surface area (Å²) in [6, 6.07) is 8.25. The van der Waals surface area contributed by atoms with E-state index >= 15 is 0 Å². The first-order valence-electron chi connectivity index (χ1n) is 4.48. The van der Waals surface area contributed by atoms with Crippen LogP contribution in [0.3, 0.4) is 0 Å². The van der Waals surface area contributed by atoms with E-state index < -0.39 is 0 Å². The van der Waals surface area contributed by atoms with Crippen LogP contribution >= 0.6 is 0 Å². The van der Waals surface area contributed by atoms with Crippen molar-refractivity contribution in [1.29, 1.82) is 0 Å². The molecule has 0 radical (unpaired) electrons. The van der Waals surface area contributed by atoms with Crippen LogP contribution in [-0.2, 0) is 0 Å². The van der Waals surface area contributed by atoms with Gasteiger partial charge >= 0.3 is 0 Å². The fraction of sp³-hybridized carbons (Fsp3) is 0.182. The Morgan fingerprint density at radius 1 is 1.31 bits per heavy atom. The highest BCUT2D eigenvalue weighted by Gasteiger charge is 1.97. The van der Waals surface area contributed by atoms with Gasteiger partial charge in [0.15, 0.2) is 0 Å². The van der Waals surface area contributed by atoms with Crippen LogP contribution in [0.2, 0.25) is 0 Å². The van der Waals surface area contributed by atoms with Gasteiger partial charge in [-0.1, -0.05) is 12.1 Å². The molecule has 2 nitrogen and oxygen atoms in total. The second-order valence-electron chi connectivity index (χ2n) is 2.93. The summed E-state index contributed by atoms with van der Waals surface area (Å²) in [7, 11) is 0. The molecule has 0 amide bonds. The third kappa shape index (κ3) is 1.47. The van der Waals surface area contributed by atoms with E-state index in [9.17, 15) is 0 Å².